The Hall–Kier alpha value is -5.05. The zero-order valence-corrected chi connectivity index (χ0v) is 29.8. The molecule has 278 valence electrons. The van der Waals surface area contributed by atoms with Crippen LogP contribution in [0.4, 0.5) is 14.9 Å². The second kappa shape index (κ2) is 17.0. The lowest BCUT2D eigenvalue weighted by Crippen LogP contribution is -2.63. The largest absolute Gasteiger partial charge is 0.495 e. The number of benzene rings is 3. The number of rotatable bonds is 12. The van der Waals surface area contributed by atoms with Crippen LogP contribution in [0.3, 0.4) is 0 Å². The van der Waals surface area contributed by atoms with E-state index >= 15 is 4.39 Å². The van der Waals surface area contributed by atoms with Crippen molar-refractivity contribution in [2.24, 2.45) is 0 Å². The van der Waals surface area contributed by atoms with Crippen molar-refractivity contribution in [1.82, 2.24) is 5.32 Å². The Morgan fingerprint density at radius 1 is 0.865 bits per heavy atom. The molecule has 0 saturated carbocycles. The van der Waals surface area contributed by atoms with Gasteiger partial charge in [-0.3, -0.25) is 14.4 Å². The fraction of sp³-hybridized carbons (Fsp3) is 0.421. The van der Waals surface area contributed by atoms with Crippen LogP contribution in [0.5, 0.6) is 11.5 Å². The standard InChI is InChI=1S/C38H44FN3O10/c1-24-19-28(20-25(2)35(24)51-23-49-4)36(44)40-29-9-5-8-18-42(21-29,38(46)47)52-37(45)27-12-10-26(11-13-27)34(43)32-31(50-22-48-3)15-14-30(33(32)39)41-16-6-7-17-41/h10-15,19-20,29H,5-9,16-18,21-23H2,1-4H3,(H-,40,44,46,47). The fourth-order valence-corrected chi connectivity index (χ4v) is 6.71. The van der Waals surface area contributed by atoms with E-state index in [9.17, 15) is 24.3 Å². The molecule has 13 nitrogen and oxygen atoms in total. The summed E-state index contributed by atoms with van der Waals surface area (Å²) >= 11 is 0. The first kappa shape index (κ1) is 38.2. The van der Waals surface area contributed by atoms with Crippen molar-refractivity contribution in [3.05, 3.63) is 87.7 Å². The van der Waals surface area contributed by atoms with E-state index in [1.165, 1.54) is 44.6 Å². The lowest BCUT2D eigenvalue weighted by atomic mass is 9.99. The minimum Gasteiger partial charge on any atom is -0.495 e. The van der Waals surface area contributed by atoms with E-state index in [-0.39, 0.29) is 49.1 Å². The minimum atomic E-state index is -1.63. The number of carbonyl (C=O) groups is 4. The molecule has 14 heteroatoms. The number of carboxylic acid groups (broad SMARTS) is 1. The van der Waals surface area contributed by atoms with Crippen molar-refractivity contribution >= 4 is 29.4 Å². The van der Waals surface area contributed by atoms with Gasteiger partial charge in [-0.15, -0.1) is 0 Å². The Balaban J connectivity index is 1.32. The van der Waals surface area contributed by atoms with Crippen LogP contribution in [-0.2, 0) is 14.3 Å². The summed E-state index contributed by atoms with van der Waals surface area (Å²) in [6.07, 6.45) is 1.60. The van der Waals surface area contributed by atoms with Gasteiger partial charge >= 0.3 is 12.1 Å². The van der Waals surface area contributed by atoms with Crippen LogP contribution >= 0.6 is 0 Å². The number of aryl methyl sites for hydroxylation is 2. The molecule has 0 bridgehead atoms. The minimum absolute atomic E-state index is 0.0115. The lowest BCUT2D eigenvalue weighted by Gasteiger charge is -2.34. The number of ketones is 1. The third kappa shape index (κ3) is 8.52. The molecule has 0 aromatic heterocycles. The predicted molar refractivity (Wildman–Crippen MR) is 185 cm³/mol. The van der Waals surface area contributed by atoms with Crippen LogP contribution in [0.1, 0.15) is 79.9 Å². The molecular weight excluding hydrogens is 677 g/mol. The number of methoxy groups -OCH3 is 2. The van der Waals surface area contributed by atoms with Gasteiger partial charge in [0.25, 0.3) is 5.91 Å². The summed E-state index contributed by atoms with van der Waals surface area (Å²) in [5.74, 6) is -2.17. The average Bonchev–Trinajstić information content (AvgIpc) is 3.58. The molecule has 0 radical (unpaired) electrons. The molecule has 5 rings (SSSR count). The molecule has 3 aromatic carbocycles. The summed E-state index contributed by atoms with van der Waals surface area (Å²) in [5, 5.41) is 15.5. The number of halogens is 1. The number of ether oxygens (including phenoxy) is 4. The smallest absolute Gasteiger partial charge is 0.398 e. The third-order valence-electron chi connectivity index (χ3n) is 9.28. The Morgan fingerprint density at radius 2 is 1.50 bits per heavy atom. The van der Waals surface area contributed by atoms with Gasteiger partial charge in [-0.25, -0.2) is 9.18 Å². The highest BCUT2D eigenvalue weighted by Crippen LogP contribution is 2.34. The zero-order chi connectivity index (χ0) is 37.4. The van der Waals surface area contributed by atoms with Gasteiger partial charge < -0.3 is 39.1 Å². The lowest BCUT2D eigenvalue weighted by molar-refractivity contribution is -1.04. The number of amides is 2. The Morgan fingerprint density at radius 3 is 2.13 bits per heavy atom. The van der Waals surface area contributed by atoms with Crippen LogP contribution in [-0.4, -0.2) is 88.4 Å². The van der Waals surface area contributed by atoms with Crippen molar-refractivity contribution in [2.45, 2.75) is 52.0 Å². The molecule has 0 spiro atoms. The SMILES string of the molecule is COCOc1ccc(N2CCCC2)c(F)c1C(=O)c1ccc(C(=O)O[N+]2(C(=O)[O-])CCCCC(NC(=O)c3cc(C)c(OCOC)c(C)c3)C2)cc1. The van der Waals surface area contributed by atoms with Crippen LogP contribution < -0.4 is 24.8 Å². The van der Waals surface area contributed by atoms with Gasteiger partial charge in [0.05, 0.1) is 17.3 Å². The second-order valence-corrected chi connectivity index (χ2v) is 13.0. The summed E-state index contributed by atoms with van der Waals surface area (Å²) in [4.78, 5) is 60.5. The number of hydrogen-bond donors (Lipinski definition) is 1. The molecular formula is C38H44FN3O10. The Bertz CT molecular complexity index is 1770. The van der Waals surface area contributed by atoms with E-state index in [2.05, 4.69) is 5.32 Å². The van der Waals surface area contributed by atoms with Gasteiger partial charge in [0.15, 0.2) is 25.2 Å². The number of nitrogens with zero attached hydrogens (tertiary/aromatic N) is 2. The number of hydrogen-bond acceptors (Lipinski definition) is 11. The van der Waals surface area contributed by atoms with Gasteiger partial charge in [0.2, 0.25) is 0 Å². The van der Waals surface area contributed by atoms with Crippen LogP contribution in [0.2, 0.25) is 0 Å². The van der Waals surface area contributed by atoms with Gasteiger partial charge in [-0.1, -0.05) is 16.8 Å². The normalized spacial score (nSPS) is 18.7. The molecule has 2 aliphatic rings. The molecule has 2 atom stereocenters. The maximum Gasteiger partial charge on any atom is 0.398 e. The zero-order valence-electron chi connectivity index (χ0n) is 29.8. The topological polar surface area (TPSA) is 153 Å². The highest BCUT2D eigenvalue weighted by atomic mass is 19.1. The molecule has 52 heavy (non-hydrogen) atoms. The molecule has 2 unspecified atom stereocenters. The number of carbonyl (C=O) groups excluding carboxylic acids is 4. The quantitative estimate of drug-likeness (QED) is 0.160. The fourth-order valence-electron chi connectivity index (χ4n) is 6.71. The molecule has 2 amide bonds. The number of quaternary nitrogens is 1. The maximum atomic E-state index is 15.9. The number of likely N-dealkylation sites (tertiary alicyclic amines) is 1. The first-order chi connectivity index (χ1) is 25.0. The third-order valence-corrected chi connectivity index (χ3v) is 9.28. The van der Waals surface area contributed by atoms with Crippen LogP contribution in [0.15, 0.2) is 48.5 Å². The first-order valence-electron chi connectivity index (χ1n) is 17.2. The van der Waals surface area contributed by atoms with Crippen LogP contribution in [0, 0.1) is 19.7 Å². The molecule has 2 fully saturated rings. The summed E-state index contributed by atoms with van der Waals surface area (Å²) in [6.45, 7) is 4.46. The van der Waals surface area contributed by atoms with E-state index < -0.39 is 40.3 Å². The Kier molecular flexibility index (Phi) is 12.5. The molecule has 2 heterocycles. The van der Waals surface area contributed by atoms with Gasteiger partial charge in [0.1, 0.15) is 30.2 Å². The van der Waals surface area contributed by atoms with Crippen LogP contribution in [0.25, 0.3) is 0 Å². The van der Waals surface area contributed by atoms with Gasteiger partial charge in [-0.2, -0.15) is 0 Å². The number of nitrogens with one attached hydrogen (secondary N) is 1. The molecule has 2 saturated heterocycles. The van der Waals surface area contributed by atoms with Gasteiger partial charge in [0, 0.05) is 44.9 Å². The maximum absolute atomic E-state index is 15.9. The van der Waals surface area contributed by atoms with E-state index in [1.807, 2.05) is 4.90 Å². The van der Waals surface area contributed by atoms with Gasteiger partial charge in [-0.05, 0) is 87.1 Å². The van der Waals surface area contributed by atoms with E-state index in [0.717, 1.165) is 24.0 Å². The number of anilines is 1. The second-order valence-electron chi connectivity index (χ2n) is 13.0. The van der Waals surface area contributed by atoms with Crippen molar-refractivity contribution < 1.29 is 57.1 Å². The summed E-state index contributed by atoms with van der Waals surface area (Å²) < 4.78 is 35.8. The molecule has 0 aliphatic carbocycles. The van der Waals surface area contributed by atoms with Crippen molar-refractivity contribution in [3.8, 4) is 11.5 Å². The van der Waals surface area contributed by atoms with Crippen molar-refractivity contribution in [2.75, 3.05) is 58.9 Å². The monoisotopic (exact) mass is 721 g/mol. The number of hydroxylamine groups is 3. The van der Waals surface area contributed by atoms with Crippen molar-refractivity contribution in [1.29, 1.82) is 0 Å². The summed E-state index contributed by atoms with van der Waals surface area (Å²) in [5.41, 5.74) is 1.88. The Labute approximate surface area is 301 Å². The first-order valence-corrected chi connectivity index (χ1v) is 17.2. The molecule has 2 aliphatic heterocycles. The van der Waals surface area contributed by atoms with Crippen molar-refractivity contribution in [3.63, 3.8) is 0 Å². The highest BCUT2D eigenvalue weighted by Gasteiger charge is 2.42. The van der Waals surface area contributed by atoms with E-state index in [1.54, 1.807) is 32.0 Å². The predicted octanol–water partition coefficient (Wildman–Crippen LogP) is 4.45. The average molecular weight is 722 g/mol. The summed E-state index contributed by atoms with van der Waals surface area (Å²) in [7, 11) is 2.92. The molecule has 1 N–H and O–H groups in total. The van der Waals surface area contributed by atoms with E-state index in [0.29, 0.717) is 49.4 Å². The molecule has 3 aromatic rings. The summed E-state index contributed by atoms with van der Waals surface area (Å²) in [6, 6.07) is 11.1. The highest BCUT2D eigenvalue weighted by molar-refractivity contribution is 6.11. The van der Waals surface area contributed by atoms with E-state index in [4.69, 9.17) is 23.8 Å².